The third-order valence-corrected chi connectivity index (χ3v) is 6.69. The number of fused-ring (bicyclic) bond motifs is 1. The fourth-order valence-corrected chi connectivity index (χ4v) is 4.80. The maximum Gasteiger partial charge on any atom is 0.339 e. The number of para-hydroxylation sites is 2. The second-order valence-electron chi connectivity index (χ2n) is 7.85. The van der Waals surface area contributed by atoms with Gasteiger partial charge in [-0.15, -0.1) is 11.3 Å². The number of ether oxygens (including phenoxy) is 1. The number of aromatic amines is 1. The molecule has 10 heteroatoms. The van der Waals surface area contributed by atoms with Crippen molar-refractivity contribution in [3.05, 3.63) is 87.7 Å². The highest BCUT2D eigenvalue weighted by molar-refractivity contribution is 7.14. The Kier molecular flexibility index (Phi) is 6.73. The minimum atomic E-state index is -1.06. The van der Waals surface area contributed by atoms with Crippen molar-refractivity contribution in [3.8, 4) is 22.6 Å². The number of esters is 1. The maximum absolute atomic E-state index is 13.0. The van der Waals surface area contributed by atoms with Crippen molar-refractivity contribution in [1.29, 1.82) is 0 Å². The highest BCUT2D eigenvalue weighted by Crippen LogP contribution is 2.32. The van der Waals surface area contributed by atoms with Crippen LogP contribution in [0.15, 0.2) is 72.1 Å². The maximum atomic E-state index is 13.0. The number of H-pyrrole nitrogens is 1. The van der Waals surface area contributed by atoms with Crippen molar-refractivity contribution in [3.63, 3.8) is 0 Å². The van der Waals surface area contributed by atoms with E-state index in [1.165, 1.54) is 18.3 Å². The van der Waals surface area contributed by atoms with Crippen LogP contribution < -0.4 is 5.32 Å². The summed E-state index contributed by atoms with van der Waals surface area (Å²) in [6.07, 6.45) is -1.06. The first-order valence-corrected chi connectivity index (χ1v) is 12.5. The Bertz CT molecular complexity index is 1560. The van der Waals surface area contributed by atoms with Gasteiger partial charge in [-0.25, -0.2) is 14.8 Å². The Balaban J connectivity index is 1.29. The van der Waals surface area contributed by atoms with E-state index in [0.29, 0.717) is 43.4 Å². The number of carbonyl (C=O) groups excluding carboxylic acids is 2. The molecule has 1 unspecified atom stereocenters. The van der Waals surface area contributed by atoms with Crippen molar-refractivity contribution in [2.24, 2.45) is 0 Å². The third kappa shape index (κ3) is 4.97. The van der Waals surface area contributed by atoms with E-state index in [1.807, 2.05) is 30.3 Å². The quantitative estimate of drug-likeness (QED) is 0.231. The van der Waals surface area contributed by atoms with Gasteiger partial charge in [-0.3, -0.25) is 10.1 Å². The second-order valence-corrected chi connectivity index (χ2v) is 9.55. The number of hydrogen-bond donors (Lipinski definition) is 2. The molecule has 0 aliphatic heterocycles. The van der Waals surface area contributed by atoms with Crippen LogP contribution in [0.4, 0.5) is 5.13 Å². The van der Waals surface area contributed by atoms with Crippen LogP contribution in [0.2, 0.25) is 10.0 Å². The van der Waals surface area contributed by atoms with Crippen molar-refractivity contribution in [2.75, 3.05) is 5.32 Å². The van der Waals surface area contributed by atoms with Crippen molar-refractivity contribution in [2.45, 2.75) is 13.0 Å². The van der Waals surface area contributed by atoms with E-state index in [9.17, 15) is 9.59 Å². The lowest BCUT2D eigenvalue weighted by Gasteiger charge is -2.13. The van der Waals surface area contributed by atoms with Gasteiger partial charge >= 0.3 is 5.97 Å². The van der Waals surface area contributed by atoms with Gasteiger partial charge in [0.2, 0.25) is 0 Å². The van der Waals surface area contributed by atoms with Crippen molar-refractivity contribution < 1.29 is 14.3 Å². The minimum Gasteiger partial charge on any atom is -0.449 e. The summed E-state index contributed by atoms with van der Waals surface area (Å²) in [5.41, 5.74) is 3.80. The predicted octanol–water partition coefficient (Wildman–Crippen LogP) is 6.84. The molecule has 0 spiro atoms. The summed E-state index contributed by atoms with van der Waals surface area (Å²) in [5.74, 6) is -0.605. The Morgan fingerprint density at radius 1 is 1.00 bits per heavy atom. The zero-order valence-corrected chi connectivity index (χ0v) is 21.1. The van der Waals surface area contributed by atoms with Gasteiger partial charge in [0.25, 0.3) is 5.91 Å². The van der Waals surface area contributed by atoms with Gasteiger partial charge in [0, 0.05) is 21.5 Å². The molecule has 5 aromatic rings. The first-order valence-electron chi connectivity index (χ1n) is 10.9. The Morgan fingerprint density at radius 3 is 2.58 bits per heavy atom. The van der Waals surface area contributed by atoms with E-state index in [1.54, 1.807) is 41.8 Å². The Morgan fingerprint density at radius 2 is 1.78 bits per heavy atom. The summed E-state index contributed by atoms with van der Waals surface area (Å²) in [5, 5.41) is 5.78. The lowest BCUT2D eigenvalue weighted by Crippen LogP contribution is -2.30. The highest BCUT2D eigenvalue weighted by atomic mass is 35.5. The van der Waals surface area contributed by atoms with E-state index in [2.05, 4.69) is 20.3 Å². The van der Waals surface area contributed by atoms with Crippen molar-refractivity contribution >= 4 is 62.6 Å². The fraction of sp³-hybridized carbons (Fsp3) is 0.0769. The number of amides is 1. The molecule has 7 nitrogen and oxygen atoms in total. The van der Waals surface area contributed by atoms with E-state index < -0.39 is 18.0 Å². The second kappa shape index (κ2) is 10.1. The normalized spacial score (nSPS) is 11.9. The topological polar surface area (TPSA) is 97.0 Å². The molecular formula is C26H18Cl2N4O3S. The van der Waals surface area contributed by atoms with E-state index >= 15 is 0 Å². The highest BCUT2D eigenvalue weighted by Gasteiger charge is 2.23. The number of benzene rings is 3. The molecule has 180 valence electrons. The minimum absolute atomic E-state index is 0.296. The smallest absolute Gasteiger partial charge is 0.339 e. The summed E-state index contributed by atoms with van der Waals surface area (Å²) < 4.78 is 5.48. The average molecular weight is 537 g/mol. The monoisotopic (exact) mass is 536 g/mol. The van der Waals surface area contributed by atoms with E-state index in [4.69, 9.17) is 27.9 Å². The average Bonchev–Trinajstić information content (AvgIpc) is 3.51. The number of carbonyl (C=O) groups is 2. The Hall–Kier alpha value is -3.72. The number of aromatic nitrogens is 3. The van der Waals surface area contributed by atoms with Crippen LogP contribution >= 0.6 is 34.5 Å². The van der Waals surface area contributed by atoms with Crippen LogP contribution in [0.25, 0.3) is 33.7 Å². The molecule has 1 atom stereocenters. The molecule has 2 N–H and O–H groups in total. The van der Waals surface area contributed by atoms with Gasteiger partial charge in [-0.1, -0.05) is 53.5 Å². The largest absolute Gasteiger partial charge is 0.449 e. The predicted molar refractivity (Wildman–Crippen MR) is 143 cm³/mol. The molecule has 0 aliphatic carbocycles. The first kappa shape index (κ1) is 24.0. The summed E-state index contributed by atoms with van der Waals surface area (Å²) in [6, 6.07) is 19.6. The number of thiazole rings is 1. The third-order valence-electron chi connectivity index (χ3n) is 5.39. The number of hydrogen-bond acceptors (Lipinski definition) is 6. The molecule has 36 heavy (non-hydrogen) atoms. The van der Waals surface area contributed by atoms with Crippen LogP contribution in [-0.4, -0.2) is 32.9 Å². The molecule has 2 heterocycles. The first-order chi connectivity index (χ1) is 17.4. The van der Waals surface area contributed by atoms with Crippen LogP contribution in [-0.2, 0) is 9.53 Å². The number of imidazole rings is 1. The van der Waals surface area contributed by atoms with Crippen LogP contribution in [0.3, 0.4) is 0 Å². The van der Waals surface area contributed by atoms with Gasteiger partial charge in [-0.2, -0.15) is 0 Å². The molecule has 3 aromatic carbocycles. The van der Waals surface area contributed by atoms with Gasteiger partial charge in [0.15, 0.2) is 11.2 Å². The fourth-order valence-electron chi connectivity index (χ4n) is 3.58. The molecule has 2 aromatic heterocycles. The molecule has 0 bridgehead atoms. The molecule has 0 fully saturated rings. The number of halogens is 2. The molecule has 1 amide bonds. The standard InChI is InChI=1S/C26H18Cl2N4O3S/c1-14(24(33)32-26-31-22(13-36-26)18-11-10-15(27)12-19(18)28)35-25(34)17-7-3-2-6-16(17)23-29-20-8-4-5-9-21(20)30-23/h2-14H,1H3,(H,29,30)(H,31,32,33). The zero-order valence-electron chi connectivity index (χ0n) is 18.8. The van der Waals surface area contributed by atoms with E-state index in [-0.39, 0.29) is 0 Å². The number of anilines is 1. The van der Waals surface area contributed by atoms with Gasteiger partial charge in [0.1, 0.15) is 5.82 Å². The zero-order chi connectivity index (χ0) is 25.2. The van der Waals surface area contributed by atoms with E-state index in [0.717, 1.165) is 11.0 Å². The number of rotatable bonds is 6. The number of nitrogens with one attached hydrogen (secondary N) is 2. The van der Waals surface area contributed by atoms with Gasteiger partial charge < -0.3 is 9.72 Å². The number of nitrogens with zero attached hydrogens (tertiary/aromatic N) is 2. The SMILES string of the molecule is CC(OC(=O)c1ccccc1-c1nc2ccccc2[nH]1)C(=O)Nc1nc(-c2ccc(Cl)cc2Cl)cs1. The van der Waals surface area contributed by atoms with Crippen LogP contribution in [0.1, 0.15) is 17.3 Å². The lowest BCUT2D eigenvalue weighted by molar-refractivity contribution is -0.123. The summed E-state index contributed by atoms with van der Waals surface area (Å²) >= 11 is 13.4. The lowest BCUT2D eigenvalue weighted by atomic mass is 10.1. The van der Waals surface area contributed by atoms with Gasteiger partial charge in [-0.05, 0) is 43.3 Å². The Labute approximate surface area is 220 Å². The summed E-state index contributed by atoms with van der Waals surface area (Å²) in [4.78, 5) is 37.9. The van der Waals surface area contributed by atoms with Gasteiger partial charge in [0.05, 0.1) is 27.3 Å². The van der Waals surface area contributed by atoms with Crippen LogP contribution in [0, 0.1) is 0 Å². The molecule has 0 saturated heterocycles. The molecule has 0 aliphatic rings. The molecule has 0 radical (unpaired) electrons. The summed E-state index contributed by atoms with van der Waals surface area (Å²) in [7, 11) is 0. The molecule has 5 rings (SSSR count). The molecular weight excluding hydrogens is 519 g/mol. The summed E-state index contributed by atoms with van der Waals surface area (Å²) in [6.45, 7) is 1.50. The van der Waals surface area contributed by atoms with Crippen molar-refractivity contribution in [1.82, 2.24) is 15.0 Å². The van der Waals surface area contributed by atoms with Crippen LogP contribution in [0.5, 0.6) is 0 Å². The molecule has 0 saturated carbocycles.